The minimum absolute atomic E-state index is 0.250. The van der Waals surface area contributed by atoms with Crippen LogP contribution in [0, 0.1) is 11.6 Å². The minimum Gasteiger partial charge on any atom is -0.394 e. The number of fused-ring (bicyclic) bond motifs is 1. The molecule has 0 bridgehead atoms. The van der Waals surface area contributed by atoms with Crippen molar-refractivity contribution in [1.82, 2.24) is 0 Å². The Balaban J connectivity index is 2.67. The molecular formula is C9H10F2N2. The second-order valence-corrected chi connectivity index (χ2v) is 3.30. The van der Waals surface area contributed by atoms with Gasteiger partial charge in [0.1, 0.15) is 11.5 Å². The smallest absolute Gasteiger partial charge is 0.152 e. The SMILES string of the molecule is Nc1c(F)cc2c(c1F)CCC2N. The molecule has 1 unspecified atom stereocenters. The summed E-state index contributed by atoms with van der Waals surface area (Å²) in [5, 5.41) is 0. The molecule has 70 valence electrons. The summed E-state index contributed by atoms with van der Waals surface area (Å²) < 4.78 is 26.3. The molecule has 0 amide bonds. The van der Waals surface area contributed by atoms with Gasteiger partial charge in [0.05, 0.1) is 0 Å². The van der Waals surface area contributed by atoms with Crippen LogP contribution in [-0.4, -0.2) is 0 Å². The molecule has 0 saturated carbocycles. The summed E-state index contributed by atoms with van der Waals surface area (Å²) in [4.78, 5) is 0. The van der Waals surface area contributed by atoms with Crippen molar-refractivity contribution in [3.63, 3.8) is 0 Å². The van der Waals surface area contributed by atoms with Gasteiger partial charge in [0.25, 0.3) is 0 Å². The third-order valence-electron chi connectivity index (χ3n) is 2.49. The number of hydrogen-bond donors (Lipinski definition) is 2. The van der Waals surface area contributed by atoms with Gasteiger partial charge in [-0.15, -0.1) is 0 Å². The van der Waals surface area contributed by atoms with Crippen LogP contribution in [0.15, 0.2) is 6.07 Å². The van der Waals surface area contributed by atoms with E-state index in [0.717, 1.165) is 0 Å². The van der Waals surface area contributed by atoms with Crippen LogP contribution in [0.1, 0.15) is 23.6 Å². The summed E-state index contributed by atoms with van der Waals surface area (Å²) in [6.07, 6.45) is 1.21. The van der Waals surface area contributed by atoms with Gasteiger partial charge in [-0.2, -0.15) is 0 Å². The summed E-state index contributed by atoms with van der Waals surface area (Å²) in [5.74, 6) is -1.35. The van der Waals surface area contributed by atoms with Crippen LogP contribution in [-0.2, 0) is 6.42 Å². The predicted molar refractivity (Wildman–Crippen MR) is 46.0 cm³/mol. The van der Waals surface area contributed by atoms with Gasteiger partial charge >= 0.3 is 0 Å². The van der Waals surface area contributed by atoms with Gasteiger partial charge in [-0.25, -0.2) is 8.78 Å². The zero-order chi connectivity index (χ0) is 9.59. The highest BCUT2D eigenvalue weighted by molar-refractivity contribution is 5.50. The monoisotopic (exact) mass is 184 g/mol. The Kier molecular flexibility index (Phi) is 1.73. The lowest BCUT2D eigenvalue weighted by atomic mass is 10.1. The Hall–Kier alpha value is -1.16. The highest BCUT2D eigenvalue weighted by Gasteiger charge is 2.25. The lowest BCUT2D eigenvalue weighted by Gasteiger charge is -2.07. The molecule has 2 rings (SSSR count). The average molecular weight is 184 g/mol. The minimum atomic E-state index is -0.714. The number of anilines is 1. The predicted octanol–water partition coefficient (Wildman–Crippen LogP) is 1.49. The third kappa shape index (κ3) is 1.09. The molecule has 0 aliphatic heterocycles. The normalized spacial score (nSPS) is 20.4. The van der Waals surface area contributed by atoms with Crippen molar-refractivity contribution >= 4 is 5.69 Å². The standard InChI is InChI=1S/C9H10F2N2/c10-6-3-5-4(1-2-7(5)12)8(11)9(6)13/h3,7H,1-2,12-13H2. The van der Waals surface area contributed by atoms with Gasteiger partial charge in [-0.3, -0.25) is 0 Å². The quantitative estimate of drug-likeness (QED) is 0.600. The van der Waals surface area contributed by atoms with Crippen molar-refractivity contribution in [2.75, 3.05) is 5.73 Å². The van der Waals surface area contributed by atoms with Gasteiger partial charge < -0.3 is 11.5 Å². The first kappa shape index (κ1) is 8.44. The van der Waals surface area contributed by atoms with Gasteiger partial charge in [0.2, 0.25) is 0 Å². The molecule has 1 aliphatic carbocycles. The van der Waals surface area contributed by atoms with Gasteiger partial charge in [0, 0.05) is 6.04 Å². The first-order valence-electron chi connectivity index (χ1n) is 4.13. The van der Waals surface area contributed by atoms with E-state index in [4.69, 9.17) is 11.5 Å². The molecule has 13 heavy (non-hydrogen) atoms. The van der Waals surface area contributed by atoms with E-state index in [2.05, 4.69) is 0 Å². The molecule has 0 saturated heterocycles. The van der Waals surface area contributed by atoms with Crippen molar-refractivity contribution in [2.45, 2.75) is 18.9 Å². The molecule has 0 heterocycles. The van der Waals surface area contributed by atoms with Crippen molar-refractivity contribution in [1.29, 1.82) is 0 Å². The second kappa shape index (κ2) is 2.67. The molecule has 1 aromatic rings. The maximum absolute atomic E-state index is 13.3. The van der Waals surface area contributed by atoms with Crippen LogP contribution in [0.5, 0.6) is 0 Å². The molecule has 0 spiro atoms. The molecule has 0 radical (unpaired) electrons. The average Bonchev–Trinajstić information content (AvgIpc) is 2.45. The van der Waals surface area contributed by atoms with E-state index in [-0.39, 0.29) is 6.04 Å². The first-order chi connectivity index (χ1) is 6.11. The number of halogens is 2. The molecule has 1 aliphatic rings. The molecule has 4 heteroatoms. The zero-order valence-corrected chi connectivity index (χ0v) is 6.98. The Morgan fingerprint density at radius 1 is 1.38 bits per heavy atom. The maximum Gasteiger partial charge on any atom is 0.152 e. The number of hydrogen-bond acceptors (Lipinski definition) is 2. The highest BCUT2D eigenvalue weighted by atomic mass is 19.1. The summed E-state index contributed by atoms with van der Waals surface area (Å²) in [5.41, 5.74) is 11.5. The molecule has 4 N–H and O–H groups in total. The maximum atomic E-state index is 13.3. The van der Waals surface area contributed by atoms with Crippen molar-refractivity contribution in [2.24, 2.45) is 5.73 Å². The number of nitrogens with two attached hydrogens (primary N) is 2. The summed E-state index contributed by atoms with van der Waals surface area (Å²) in [6, 6.07) is 0.991. The topological polar surface area (TPSA) is 52.0 Å². The number of nitrogen functional groups attached to an aromatic ring is 1. The van der Waals surface area contributed by atoms with Crippen LogP contribution in [0.2, 0.25) is 0 Å². The van der Waals surface area contributed by atoms with Crippen molar-refractivity contribution in [3.8, 4) is 0 Å². The van der Waals surface area contributed by atoms with Crippen LogP contribution in [0.4, 0.5) is 14.5 Å². The van der Waals surface area contributed by atoms with Gasteiger partial charge in [0.15, 0.2) is 5.82 Å². The summed E-state index contributed by atoms with van der Waals surface area (Å²) in [7, 11) is 0. The van der Waals surface area contributed by atoms with Crippen LogP contribution < -0.4 is 11.5 Å². The molecule has 0 fully saturated rings. The summed E-state index contributed by atoms with van der Waals surface area (Å²) in [6.45, 7) is 0. The fraction of sp³-hybridized carbons (Fsp3) is 0.333. The Labute approximate surface area is 74.5 Å². The molecular weight excluding hydrogens is 174 g/mol. The number of rotatable bonds is 0. The molecule has 0 aromatic heterocycles. The van der Waals surface area contributed by atoms with Crippen molar-refractivity contribution < 1.29 is 8.78 Å². The Morgan fingerprint density at radius 2 is 2.08 bits per heavy atom. The first-order valence-corrected chi connectivity index (χ1v) is 4.13. The van der Waals surface area contributed by atoms with Gasteiger partial charge in [-0.1, -0.05) is 0 Å². The van der Waals surface area contributed by atoms with Crippen LogP contribution in [0.3, 0.4) is 0 Å². The van der Waals surface area contributed by atoms with E-state index in [1.165, 1.54) is 6.07 Å². The summed E-state index contributed by atoms with van der Waals surface area (Å²) >= 11 is 0. The van der Waals surface area contributed by atoms with E-state index >= 15 is 0 Å². The lowest BCUT2D eigenvalue weighted by Crippen LogP contribution is -2.07. The van der Waals surface area contributed by atoms with Crippen molar-refractivity contribution in [3.05, 3.63) is 28.8 Å². The lowest BCUT2D eigenvalue weighted by molar-refractivity contribution is 0.582. The fourth-order valence-corrected chi connectivity index (χ4v) is 1.74. The second-order valence-electron chi connectivity index (χ2n) is 3.30. The van der Waals surface area contributed by atoms with E-state index in [1.54, 1.807) is 0 Å². The zero-order valence-electron chi connectivity index (χ0n) is 6.98. The van der Waals surface area contributed by atoms with E-state index < -0.39 is 17.3 Å². The van der Waals surface area contributed by atoms with Crippen LogP contribution >= 0.6 is 0 Å². The van der Waals surface area contributed by atoms with E-state index in [9.17, 15) is 8.78 Å². The third-order valence-corrected chi connectivity index (χ3v) is 2.49. The van der Waals surface area contributed by atoms with Crippen LogP contribution in [0.25, 0.3) is 0 Å². The molecule has 2 nitrogen and oxygen atoms in total. The Bertz CT molecular complexity index is 363. The molecule has 1 atom stereocenters. The van der Waals surface area contributed by atoms with E-state index in [0.29, 0.717) is 24.0 Å². The fourth-order valence-electron chi connectivity index (χ4n) is 1.74. The van der Waals surface area contributed by atoms with Gasteiger partial charge in [-0.05, 0) is 30.0 Å². The number of benzene rings is 1. The highest BCUT2D eigenvalue weighted by Crippen LogP contribution is 2.34. The largest absolute Gasteiger partial charge is 0.394 e. The van der Waals surface area contributed by atoms with E-state index in [1.807, 2.05) is 0 Å². The Morgan fingerprint density at radius 3 is 2.77 bits per heavy atom. The molecule has 1 aromatic carbocycles.